The summed E-state index contributed by atoms with van der Waals surface area (Å²) in [5.41, 5.74) is 0.947. The number of thioether (sulfide) groups is 1. The number of aromatic nitrogens is 1. The van der Waals surface area contributed by atoms with E-state index in [0.717, 1.165) is 30.7 Å². The maximum absolute atomic E-state index is 9.82. The van der Waals surface area contributed by atoms with Crippen LogP contribution < -0.4 is 0 Å². The van der Waals surface area contributed by atoms with Crippen LogP contribution in [0.1, 0.15) is 37.1 Å². The molecule has 0 spiro atoms. The molecule has 1 N–H and O–H groups in total. The lowest BCUT2D eigenvalue weighted by Crippen LogP contribution is -2.26. The molecule has 84 valence electrons. The third-order valence-electron chi connectivity index (χ3n) is 2.93. The predicted octanol–water partition coefficient (Wildman–Crippen LogP) is 2.69. The van der Waals surface area contributed by atoms with Crippen LogP contribution in [0.5, 0.6) is 0 Å². The quantitative estimate of drug-likeness (QED) is 0.843. The molecule has 15 heavy (non-hydrogen) atoms. The van der Waals surface area contributed by atoms with Crippen LogP contribution in [0.25, 0.3) is 0 Å². The van der Waals surface area contributed by atoms with Crippen molar-refractivity contribution in [2.24, 2.45) is 0 Å². The molecule has 1 aromatic heterocycles. The fourth-order valence-electron chi connectivity index (χ4n) is 1.84. The van der Waals surface area contributed by atoms with Gasteiger partial charge in [-0.05, 0) is 26.7 Å². The number of hydrogen-bond acceptors (Lipinski definition) is 4. The molecule has 1 aliphatic rings. The Morgan fingerprint density at radius 2 is 2.07 bits per heavy atom. The minimum absolute atomic E-state index is 0.198. The van der Waals surface area contributed by atoms with Crippen LogP contribution in [0.3, 0.4) is 0 Å². The first-order valence-electron chi connectivity index (χ1n) is 5.45. The molecule has 0 aliphatic heterocycles. The van der Waals surface area contributed by atoms with Gasteiger partial charge in [-0.15, -0.1) is 0 Å². The van der Waals surface area contributed by atoms with E-state index in [9.17, 15) is 5.11 Å². The summed E-state index contributed by atoms with van der Waals surface area (Å²) in [6, 6.07) is 0. The Morgan fingerprint density at radius 3 is 2.67 bits per heavy atom. The molecule has 1 aromatic rings. The van der Waals surface area contributed by atoms with Crippen LogP contribution in [0.2, 0.25) is 0 Å². The van der Waals surface area contributed by atoms with Gasteiger partial charge in [0.15, 0.2) is 0 Å². The molecule has 1 heterocycles. The second-order valence-corrected chi connectivity index (χ2v) is 5.32. The topological polar surface area (TPSA) is 46.3 Å². The van der Waals surface area contributed by atoms with Crippen molar-refractivity contribution in [3.63, 3.8) is 0 Å². The van der Waals surface area contributed by atoms with Crippen LogP contribution >= 0.6 is 11.8 Å². The fourth-order valence-corrected chi connectivity index (χ4v) is 3.04. The van der Waals surface area contributed by atoms with E-state index >= 15 is 0 Å². The molecule has 0 bridgehead atoms. The van der Waals surface area contributed by atoms with Gasteiger partial charge in [-0.3, -0.25) is 0 Å². The monoisotopic (exact) mass is 227 g/mol. The summed E-state index contributed by atoms with van der Waals surface area (Å²) in [5, 5.41) is 10.8. The van der Waals surface area contributed by atoms with E-state index in [0.29, 0.717) is 5.22 Å². The summed E-state index contributed by atoms with van der Waals surface area (Å²) in [4.78, 5) is 4.32. The van der Waals surface area contributed by atoms with Gasteiger partial charge in [-0.1, -0.05) is 24.6 Å². The average molecular weight is 227 g/mol. The Morgan fingerprint density at radius 1 is 1.33 bits per heavy atom. The van der Waals surface area contributed by atoms with E-state index in [1.807, 2.05) is 13.8 Å². The molecule has 4 heteroatoms. The summed E-state index contributed by atoms with van der Waals surface area (Å²) in [6.45, 7) is 3.86. The van der Waals surface area contributed by atoms with Gasteiger partial charge in [0.1, 0.15) is 5.76 Å². The normalized spacial score (nSPS) is 26.9. The number of nitrogens with zero attached hydrogens (tertiary/aromatic N) is 1. The summed E-state index contributed by atoms with van der Waals surface area (Å²) < 4.78 is 5.51. The number of aliphatic hydroxyl groups is 1. The van der Waals surface area contributed by atoms with Crippen LogP contribution in [0, 0.1) is 13.8 Å². The first kappa shape index (κ1) is 11.0. The summed E-state index contributed by atoms with van der Waals surface area (Å²) in [5.74, 6) is 0.878. The van der Waals surface area contributed by atoms with Gasteiger partial charge in [0.05, 0.1) is 11.8 Å². The Balaban J connectivity index is 2.01. The maximum atomic E-state index is 9.82. The van der Waals surface area contributed by atoms with Crippen LogP contribution in [0.15, 0.2) is 9.64 Å². The number of oxazole rings is 1. The lowest BCUT2D eigenvalue weighted by Gasteiger charge is -2.25. The van der Waals surface area contributed by atoms with Crippen molar-refractivity contribution in [2.75, 3.05) is 0 Å². The van der Waals surface area contributed by atoms with Crippen molar-refractivity contribution in [1.82, 2.24) is 4.98 Å². The molecular formula is C11H17NO2S. The van der Waals surface area contributed by atoms with Crippen LogP contribution in [0.4, 0.5) is 0 Å². The van der Waals surface area contributed by atoms with E-state index in [2.05, 4.69) is 4.98 Å². The van der Waals surface area contributed by atoms with E-state index < -0.39 is 0 Å². The highest BCUT2D eigenvalue weighted by atomic mass is 32.2. The van der Waals surface area contributed by atoms with Gasteiger partial charge in [-0.25, -0.2) is 4.98 Å². The molecule has 0 saturated heterocycles. The highest BCUT2D eigenvalue weighted by molar-refractivity contribution is 7.99. The predicted molar refractivity (Wildman–Crippen MR) is 60.1 cm³/mol. The molecule has 1 fully saturated rings. The molecule has 0 unspecified atom stereocenters. The summed E-state index contributed by atoms with van der Waals surface area (Å²) >= 11 is 1.58. The largest absolute Gasteiger partial charge is 0.437 e. The Kier molecular flexibility index (Phi) is 3.36. The van der Waals surface area contributed by atoms with Gasteiger partial charge >= 0.3 is 0 Å². The molecule has 0 aromatic carbocycles. The van der Waals surface area contributed by atoms with Crippen LogP contribution in [-0.4, -0.2) is 21.4 Å². The third-order valence-corrected chi connectivity index (χ3v) is 4.16. The minimum Gasteiger partial charge on any atom is -0.437 e. The molecule has 2 rings (SSSR count). The van der Waals surface area contributed by atoms with Crippen molar-refractivity contribution in [1.29, 1.82) is 0 Å². The van der Waals surface area contributed by atoms with E-state index in [1.165, 1.54) is 6.42 Å². The van der Waals surface area contributed by atoms with Crippen molar-refractivity contribution in [3.05, 3.63) is 11.5 Å². The first-order valence-corrected chi connectivity index (χ1v) is 6.33. The second kappa shape index (κ2) is 4.58. The highest BCUT2D eigenvalue weighted by Crippen LogP contribution is 2.33. The number of rotatable bonds is 2. The van der Waals surface area contributed by atoms with E-state index in [1.54, 1.807) is 11.8 Å². The minimum atomic E-state index is -0.198. The van der Waals surface area contributed by atoms with Crippen LogP contribution in [-0.2, 0) is 0 Å². The molecular weight excluding hydrogens is 210 g/mol. The zero-order chi connectivity index (χ0) is 10.8. The molecule has 3 nitrogen and oxygen atoms in total. The fraction of sp³-hybridized carbons (Fsp3) is 0.727. The van der Waals surface area contributed by atoms with Gasteiger partial charge in [0.25, 0.3) is 5.22 Å². The maximum Gasteiger partial charge on any atom is 0.256 e. The van der Waals surface area contributed by atoms with Gasteiger partial charge < -0.3 is 9.52 Å². The lowest BCUT2D eigenvalue weighted by atomic mass is 9.97. The van der Waals surface area contributed by atoms with E-state index in [4.69, 9.17) is 4.42 Å². The first-order chi connectivity index (χ1) is 7.16. The molecule has 1 aliphatic carbocycles. The van der Waals surface area contributed by atoms with Crippen molar-refractivity contribution < 1.29 is 9.52 Å². The van der Waals surface area contributed by atoms with Crippen molar-refractivity contribution >= 4 is 11.8 Å². The Hall–Kier alpha value is -0.480. The summed E-state index contributed by atoms with van der Waals surface area (Å²) in [7, 11) is 0. The Labute approximate surface area is 94.3 Å². The summed E-state index contributed by atoms with van der Waals surface area (Å²) in [6.07, 6.45) is 4.12. The zero-order valence-electron chi connectivity index (χ0n) is 9.19. The van der Waals surface area contributed by atoms with Crippen molar-refractivity contribution in [3.8, 4) is 0 Å². The number of aryl methyl sites for hydroxylation is 2. The van der Waals surface area contributed by atoms with Gasteiger partial charge in [-0.2, -0.15) is 0 Å². The molecule has 2 atom stereocenters. The third kappa shape index (κ3) is 2.55. The standard InChI is InChI=1S/C11H17NO2S/c1-7-8(2)14-11(12-7)15-10-6-4-3-5-9(10)13/h9-10,13H,3-6H2,1-2H3/t9-,10-/m0/s1. The van der Waals surface area contributed by atoms with Crippen molar-refractivity contribution in [2.45, 2.75) is 56.1 Å². The molecule has 1 saturated carbocycles. The lowest BCUT2D eigenvalue weighted by molar-refractivity contribution is 0.136. The Bertz CT molecular complexity index is 318. The highest BCUT2D eigenvalue weighted by Gasteiger charge is 2.25. The number of hydrogen-bond donors (Lipinski definition) is 1. The second-order valence-electron chi connectivity index (χ2n) is 4.13. The molecule has 0 radical (unpaired) electrons. The zero-order valence-corrected chi connectivity index (χ0v) is 10.0. The number of aliphatic hydroxyl groups excluding tert-OH is 1. The van der Waals surface area contributed by atoms with Gasteiger partial charge in [0.2, 0.25) is 0 Å². The van der Waals surface area contributed by atoms with E-state index in [-0.39, 0.29) is 11.4 Å². The van der Waals surface area contributed by atoms with Gasteiger partial charge in [0, 0.05) is 5.25 Å². The smallest absolute Gasteiger partial charge is 0.256 e. The molecule has 0 amide bonds. The average Bonchev–Trinajstić information content (AvgIpc) is 2.50. The SMILES string of the molecule is Cc1nc(S[C@H]2CCCC[C@@H]2O)oc1C.